The number of carbonyl (C=O) groups excluding carboxylic acids is 1. The number of carbonyl (C=O) groups is 1. The second-order valence-corrected chi connectivity index (χ2v) is 7.21. The number of aromatic nitrogens is 2. The van der Waals surface area contributed by atoms with Crippen LogP contribution in [0.5, 0.6) is 0 Å². The maximum absolute atomic E-state index is 13.0. The molecule has 0 saturated carbocycles. The molecule has 1 aliphatic heterocycles. The third-order valence-corrected chi connectivity index (χ3v) is 5.47. The lowest BCUT2D eigenvalue weighted by Gasteiger charge is -2.30. The van der Waals surface area contributed by atoms with Crippen LogP contribution < -0.4 is 5.73 Å². The number of piperidine rings is 1. The van der Waals surface area contributed by atoms with Gasteiger partial charge in [0, 0.05) is 30.4 Å². The molecule has 2 aliphatic rings. The molecule has 1 aromatic carbocycles. The van der Waals surface area contributed by atoms with E-state index in [1.165, 1.54) is 11.3 Å². The SMILES string of the molecule is CCc1ccc(-n2nc(C(=O)N3CCCC(N)C3)c3c2CCC3)cc1.Cl. The lowest BCUT2D eigenvalue weighted by molar-refractivity contribution is 0.0701. The minimum atomic E-state index is 0. The fourth-order valence-electron chi connectivity index (χ4n) is 4.04. The summed E-state index contributed by atoms with van der Waals surface area (Å²) < 4.78 is 1.99. The zero-order chi connectivity index (χ0) is 17.4. The first-order chi connectivity index (χ1) is 12.2. The van der Waals surface area contributed by atoms with E-state index in [-0.39, 0.29) is 24.4 Å². The van der Waals surface area contributed by atoms with Crippen molar-refractivity contribution in [2.75, 3.05) is 13.1 Å². The van der Waals surface area contributed by atoms with E-state index in [0.29, 0.717) is 12.2 Å². The summed E-state index contributed by atoms with van der Waals surface area (Å²) in [6.07, 6.45) is 6.04. The van der Waals surface area contributed by atoms with Gasteiger partial charge in [-0.1, -0.05) is 19.1 Å². The predicted molar refractivity (Wildman–Crippen MR) is 105 cm³/mol. The van der Waals surface area contributed by atoms with Crippen molar-refractivity contribution in [3.05, 3.63) is 46.8 Å². The van der Waals surface area contributed by atoms with Gasteiger partial charge in [-0.2, -0.15) is 5.10 Å². The minimum absolute atomic E-state index is 0. The fraction of sp³-hybridized carbons (Fsp3) is 0.500. The number of amides is 1. The summed E-state index contributed by atoms with van der Waals surface area (Å²) in [4.78, 5) is 14.9. The Balaban J connectivity index is 0.00000196. The number of halogens is 1. The van der Waals surface area contributed by atoms with Crippen molar-refractivity contribution >= 4 is 18.3 Å². The highest BCUT2D eigenvalue weighted by Crippen LogP contribution is 2.29. The molecule has 6 heteroatoms. The van der Waals surface area contributed by atoms with Gasteiger partial charge >= 0.3 is 0 Å². The molecule has 1 aliphatic carbocycles. The van der Waals surface area contributed by atoms with Gasteiger partial charge in [-0.15, -0.1) is 12.4 Å². The molecule has 1 unspecified atom stereocenters. The Hall–Kier alpha value is -1.85. The van der Waals surface area contributed by atoms with Crippen LogP contribution in [-0.2, 0) is 19.3 Å². The topological polar surface area (TPSA) is 64.2 Å². The Morgan fingerprint density at radius 3 is 2.69 bits per heavy atom. The Bertz CT molecular complexity index is 784. The fourth-order valence-corrected chi connectivity index (χ4v) is 4.04. The molecule has 0 spiro atoms. The quantitative estimate of drug-likeness (QED) is 0.898. The number of benzene rings is 1. The zero-order valence-electron chi connectivity index (χ0n) is 15.3. The van der Waals surface area contributed by atoms with Gasteiger partial charge in [-0.25, -0.2) is 4.68 Å². The molecule has 1 amide bonds. The highest BCUT2D eigenvalue weighted by Gasteiger charge is 2.31. The van der Waals surface area contributed by atoms with E-state index in [1.807, 2.05) is 9.58 Å². The Morgan fingerprint density at radius 2 is 2.00 bits per heavy atom. The first-order valence-electron chi connectivity index (χ1n) is 9.42. The van der Waals surface area contributed by atoms with Gasteiger partial charge in [-0.05, 0) is 56.2 Å². The van der Waals surface area contributed by atoms with Gasteiger partial charge in [0.25, 0.3) is 5.91 Å². The zero-order valence-corrected chi connectivity index (χ0v) is 16.1. The molecule has 1 fully saturated rings. The average Bonchev–Trinajstić information content (AvgIpc) is 3.24. The number of likely N-dealkylation sites (tertiary alicyclic amines) is 1. The minimum Gasteiger partial charge on any atom is -0.336 e. The monoisotopic (exact) mass is 374 g/mol. The molecule has 2 N–H and O–H groups in total. The Kier molecular flexibility index (Phi) is 5.68. The van der Waals surface area contributed by atoms with Gasteiger partial charge in [0.1, 0.15) is 0 Å². The largest absolute Gasteiger partial charge is 0.336 e. The first kappa shape index (κ1) is 18.9. The molecular weight excluding hydrogens is 348 g/mol. The smallest absolute Gasteiger partial charge is 0.274 e. The highest BCUT2D eigenvalue weighted by atomic mass is 35.5. The summed E-state index contributed by atoms with van der Waals surface area (Å²) in [5.74, 6) is 0.0530. The van der Waals surface area contributed by atoms with Gasteiger partial charge in [-0.3, -0.25) is 4.79 Å². The lowest BCUT2D eigenvalue weighted by atomic mass is 10.1. The van der Waals surface area contributed by atoms with Crippen LogP contribution in [0.2, 0.25) is 0 Å². The van der Waals surface area contributed by atoms with Crippen LogP contribution in [-0.4, -0.2) is 39.7 Å². The normalized spacial score (nSPS) is 19.2. The number of hydrogen-bond acceptors (Lipinski definition) is 3. The Morgan fingerprint density at radius 1 is 1.23 bits per heavy atom. The van der Waals surface area contributed by atoms with Crippen LogP contribution in [0.3, 0.4) is 0 Å². The summed E-state index contributed by atoms with van der Waals surface area (Å²) in [5, 5.41) is 4.74. The van der Waals surface area contributed by atoms with Crippen LogP contribution in [0.4, 0.5) is 0 Å². The van der Waals surface area contributed by atoms with Crippen LogP contribution in [0.1, 0.15) is 53.5 Å². The molecule has 140 valence electrons. The molecule has 1 aromatic heterocycles. The van der Waals surface area contributed by atoms with E-state index in [0.717, 1.165) is 56.3 Å². The second-order valence-electron chi connectivity index (χ2n) is 7.21. The van der Waals surface area contributed by atoms with Crippen LogP contribution >= 0.6 is 12.4 Å². The van der Waals surface area contributed by atoms with Crippen molar-refractivity contribution in [2.24, 2.45) is 5.73 Å². The van der Waals surface area contributed by atoms with Crippen molar-refractivity contribution < 1.29 is 4.79 Å². The summed E-state index contributed by atoms with van der Waals surface area (Å²) >= 11 is 0. The van der Waals surface area contributed by atoms with Gasteiger partial charge in [0.05, 0.1) is 5.69 Å². The molecule has 5 nitrogen and oxygen atoms in total. The second kappa shape index (κ2) is 7.80. The van der Waals surface area contributed by atoms with Crippen molar-refractivity contribution in [1.82, 2.24) is 14.7 Å². The van der Waals surface area contributed by atoms with Crippen LogP contribution in [0, 0.1) is 0 Å². The van der Waals surface area contributed by atoms with Gasteiger partial charge in [0.15, 0.2) is 5.69 Å². The van der Waals surface area contributed by atoms with E-state index < -0.39 is 0 Å². The Labute approximate surface area is 161 Å². The average molecular weight is 375 g/mol. The molecule has 4 rings (SSSR count). The summed E-state index contributed by atoms with van der Waals surface area (Å²) in [7, 11) is 0. The number of rotatable bonds is 3. The van der Waals surface area contributed by atoms with Crippen LogP contribution in [0.25, 0.3) is 5.69 Å². The van der Waals surface area contributed by atoms with E-state index in [1.54, 1.807) is 0 Å². The third kappa shape index (κ3) is 3.38. The highest BCUT2D eigenvalue weighted by molar-refractivity contribution is 5.94. The molecule has 0 bridgehead atoms. The van der Waals surface area contributed by atoms with Crippen molar-refractivity contribution in [3.63, 3.8) is 0 Å². The summed E-state index contributed by atoms with van der Waals surface area (Å²) in [5.41, 5.74) is 11.4. The van der Waals surface area contributed by atoms with E-state index in [2.05, 4.69) is 31.2 Å². The standard InChI is InChI=1S/C20H26N4O.ClH/c1-2-14-8-10-16(11-9-14)24-18-7-3-6-17(18)19(22-24)20(25)23-12-4-5-15(21)13-23;/h8-11,15H,2-7,12-13,21H2,1H3;1H. The molecule has 2 heterocycles. The number of fused-ring (bicyclic) bond motifs is 1. The molecular formula is C20H27ClN4O. The molecule has 2 aromatic rings. The van der Waals surface area contributed by atoms with Gasteiger partial charge in [0.2, 0.25) is 0 Å². The maximum atomic E-state index is 13.0. The van der Waals surface area contributed by atoms with Crippen molar-refractivity contribution in [1.29, 1.82) is 0 Å². The molecule has 26 heavy (non-hydrogen) atoms. The summed E-state index contributed by atoms with van der Waals surface area (Å²) in [6, 6.07) is 8.59. The molecule has 0 radical (unpaired) electrons. The van der Waals surface area contributed by atoms with E-state index in [4.69, 9.17) is 10.8 Å². The molecule has 1 saturated heterocycles. The summed E-state index contributed by atoms with van der Waals surface area (Å²) in [6.45, 7) is 3.59. The van der Waals surface area contributed by atoms with Crippen LogP contribution in [0.15, 0.2) is 24.3 Å². The van der Waals surface area contributed by atoms with Gasteiger partial charge < -0.3 is 10.6 Å². The van der Waals surface area contributed by atoms with Crippen molar-refractivity contribution in [3.8, 4) is 5.69 Å². The number of aryl methyl sites for hydroxylation is 1. The van der Waals surface area contributed by atoms with E-state index in [9.17, 15) is 4.79 Å². The molecule has 1 atom stereocenters. The third-order valence-electron chi connectivity index (χ3n) is 5.47. The lowest BCUT2D eigenvalue weighted by Crippen LogP contribution is -2.46. The first-order valence-corrected chi connectivity index (χ1v) is 9.42. The number of nitrogens with zero attached hydrogens (tertiary/aromatic N) is 3. The van der Waals surface area contributed by atoms with E-state index >= 15 is 0 Å². The predicted octanol–water partition coefficient (Wildman–Crippen LogP) is 2.91. The maximum Gasteiger partial charge on any atom is 0.274 e. The number of hydrogen-bond donors (Lipinski definition) is 1. The van der Waals surface area contributed by atoms with Crippen molar-refractivity contribution in [2.45, 2.75) is 51.5 Å². The number of nitrogens with two attached hydrogens (primary N) is 1.